The standard InChI is InChI=1S/C22H26N2O2/c1-3-15-13-17(16-5-9-23-10-6-16)14-19-18-7-12-26-22(4-2,8-11-25)21(18)24-20(15)19/h5-6,9-10,13-14,24-25H,3-4,7-8,11-12H2,1-2H3. The van der Waals surface area contributed by atoms with Gasteiger partial charge in [-0.15, -0.1) is 0 Å². The summed E-state index contributed by atoms with van der Waals surface area (Å²) in [6.45, 7) is 5.17. The van der Waals surface area contributed by atoms with E-state index in [9.17, 15) is 5.11 Å². The first kappa shape index (κ1) is 17.3. The second-order valence-electron chi connectivity index (χ2n) is 7.05. The van der Waals surface area contributed by atoms with Gasteiger partial charge in [-0.2, -0.15) is 0 Å². The van der Waals surface area contributed by atoms with Crippen molar-refractivity contribution in [3.8, 4) is 11.1 Å². The molecular formula is C22H26N2O2. The Bertz CT molecular complexity index is 917. The van der Waals surface area contributed by atoms with Gasteiger partial charge in [0.25, 0.3) is 0 Å². The van der Waals surface area contributed by atoms with Gasteiger partial charge in [-0.05, 0) is 65.8 Å². The van der Waals surface area contributed by atoms with E-state index in [1.54, 1.807) is 0 Å². The smallest absolute Gasteiger partial charge is 0.110 e. The minimum atomic E-state index is -0.400. The maximum absolute atomic E-state index is 9.61. The third kappa shape index (κ3) is 2.65. The van der Waals surface area contributed by atoms with Gasteiger partial charge in [0.15, 0.2) is 0 Å². The predicted octanol–water partition coefficient (Wildman–Crippen LogP) is 4.35. The first-order valence-corrected chi connectivity index (χ1v) is 9.55. The first-order chi connectivity index (χ1) is 12.7. The Morgan fingerprint density at radius 3 is 2.69 bits per heavy atom. The van der Waals surface area contributed by atoms with Crippen molar-refractivity contribution in [2.45, 2.75) is 45.1 Å². The summed E-state index contributed by atoms with van der Waals surface area (Å²) in [5, 5.41) is 10.9. The van der Waals surface area contributed by atoms with Crippen LogP contribution in [-0.4, -0.2) is 28.3 Å². The normalized spacial score (nSPS) is 19.7. The Morgan fingerprint density at radius 2 is 2.00 bits per heavy atom. The number of H-pyrrole nitrogens is 1. The second kappa shape index (κ2) is 6.86. The van der Waals surface area contributed by atoms with E-state index in [-0.39, 0.29) is 6.61 Å². The summed E-state index contributed by atoms with van der Waals surface area (Å²) in [5.74, 6) is 0. The SMILES string of the molecule is CCc1cc(-c2ccncc2)cc2c3c([nH]c12)C(CC)(CCO)OCC3. The lowest BCUT2D eigenvalue weighted by Crippen LogP contribution is -2.36. The highest BCUT2D eigenvalue weighted by Crippen LogP contribution is 2.43. The van der Waals surface area contributed by atoms with Crippen LogP contribution in [0.25, 0.3) is 22.0 Å². The van der Waals surface area contributed by atoms with Crippen molar-refractivity contribution in [3.05, 3.63) is 53.5 Å². The van der Waals surface area contributed by atoms with Gasteiger partial charge in [0.05, 0.1) is 12.3 Å². The van der Waals surface area contributed by atoms with Gasteiger partial charge in [-0.25, -0.2) is 0 Å². The van der Waals surface area contributed by atoms with E-state index >= 15 is 0 Å². The fraction of sp³-hybridized carbons (Fsp3) is 0.409. The first-order valence-electron chi connectivity index (χ1n) is 9.55. The number of nitrogens with one attached hydrogen (secondary N) is 1. The molecule has 0 saturated carbocycles. The fourth-order valence-electron chi connectivity index (χ4n) is 4.32. The number of aliphatic hydroxyl groups is 1. The molecule has 0 amide bonds. The molecule has 0 bridgehead atoms. The predicted molar refractivity (Wildman–Crippen MR) is 104 cm³/mol. The van der Waals surface area contributed by atoms with E-state index in [0.717, 1.165) is 25.0 Å². The third-order valence-corrected chi connectivity index (χ3v) is 5.76. The number of nitrogens with zero attached hydrogens (tertiary/aromatic N) is 1. The van der Waals surface area contributed by atoms with E-state index in [0.29, 0.717) is 13.0 Å². The Hall–Kier alpha value is -2.17. The van der Waals surface area contributed by atoms with Crippen molar-refractivity contribution < 1.29 is 9.84 Å². The van der Waals surface area contributed by atoms with Crippen LogP contribution in [0.3, 0.4) is 0 Å². The minimum absolute atomic E-state index is 0.131. The molecule has 4 rings (SSSR count). The summed E-state index contributed by atoms with van der Waals surface area (Å²) in [6.07, 6.45) is 7.04. The maximum atomic E-state index is 9.61. The summed E-state index contributed by atoms with van der Waals surface area (Å²) >= 11 is 0. The van der Waals surface area contributed by atoms with Crippen LogP contribution in [0.4, 0.5) is 0 Å². The molecule has 1 atom stereocenters. The number of hydrogen-bond donors (Lipinski definition) is 2. The Labute approximate surface area is 154 Å². The van der Waals surface area contributed by atoms with Crippen molar-refractivity contribution >= 4 is 10.9 Å². The van der Waals surface area contributed by atoms with E-state index in [1.165, 1.54) is 33.2 Å². The van der Waals surface area contributed by atoms with Crippen LogP contribution in [-0.2, 0) is 23.2 Å². The van der Waals surface area contributed by atoms with E-state index in [2.05, 4.69) is 48.1 Å². The largest absolute Gasteiger partial charge is 0.396 e. The van der Waals surface area contributed by atoms with Crippen LogP contribution < -0.4 is 0 Å². The van der Waals surface area contributed by atoms with Crippen LogP contribution >= 0.6 is 0 Å². The number of rotatable bonds is 5. The van der Waals surface area contributed by atoms with Gasteiger partial charge in [0.1, 0.15) is 5.60 Å². The number of aryl methyl sites for hydroxylation is 1. The Balaban J connectivity index is 1.96. The summed E-state index contributed by atoms with van der Waals surface area (Å²) in [4.78, 5) is 7.83. The lowest BCUT2D eigenvalue weighted by atomic mass is 9.86. The van der Waals surface area contributed by atoms with Crippen LogP contribution in [0, 0.1) is 0 Å². The van der Waals surface area contributed by atoms with E-state index in [1.807, 2.05) is 12.4 Å². The number of aromatic nitrogens is 2. The average molecular weight is 350 g/mol. The molecule has 3 heterocycles. The maximum Gasteiger partial charge on any atom is 0.110 e. The van der Waals surface area contributed by atoms with Gasteiger partial charge in [-0.3, -0.25) is 4.98 Å². The lowest BCUT2D eigenvalue weighted by molar-refractivity contribution is -0.0795. The van der Waals surface area contributed by atoms with E-state index < -0.39 is 5.60 Å². The Morgan fingerprint density at radius 1 is 1.19 bits per heavy atom. The summed E-state index contributed by atoms with van der Waals surface area (Å²) in [7, 11) is 0. The molecule has 4 heteroatoms. The molecule has 1 aliphatic rings. The van der Waals surface area contributed by atoms with Crippen LogP contribution in [0.1, 0.15) is 43.5 Å². The molecule has 4 nitrogen and oxygen atoms in total. The van der Waals surface area contributed by atoms with Crippen LogP contribution in [0.5, 0.6) is 0 Å². The van der Waals surface area contributed by atoms with Crippen molar-refractivity contribution in [1.82, 2.24) is 9.97 Å². The lowest BCUT2D eigenvalue weighted by Gasteiger charge is -2.36. The molecule has 2 N–H and O–H groups in total. The molecule has 1 unspecified atom stereocenters. The van der Waals surface area contributed by atoms with Gasteiger partial charge in [0, 0.05) is 36.3 Å². The molecule has 136 valence electrons. The number of aliphatic hydroxyl groups excluding tert-OH is 1. The zero-order valence-electron chi connectivity index (χ0n) is 15.5. The second-order valence-corrected chi connectivity index (χ2v) is 7.05. The molecule has 0 radical (unpaired) electrons. The third-order valence-electron chi connectivity index (χ3n) is 5.76. The summed E-state index contributed by atoms with van der Waals surface area (Å²) < 4.78 is 6.20. The van der Waals surface area contributed by atoms with Crippen molar-refractivity contribution in [2.24, 2.45) is 0 Å². The zero-order chi connectivity index (χ0) is 18.1. The average Bonchev–Trinajstić information content (AvgIpc) is 3.08. The van der Waals surface area contributed by atoms with Gasteiger partial charge in [0.2, 0.25) is 0 Å². The van der Waals surface area contributed by atoms with Crippen molar-refractivity contribution in [3.63, 3.8) is 0 Å². The highest BCUT2D eigenvalue weighted by atomic mass is 16.5. The highest BCUT2D eigenvalue weighted by molar-refractivity contribution is 5.92. The topological polar surface area (TPSA) is 58.1 Å². The van der Waals surface area contributed by atoms with Gasteiger partial charge >= 0.3 is 0 Å². The van der Waals surface area contributed by atoms with E-state index in [4.69, 9.17) is 4.74 Å². The molecular weight excluding hydrogens is 324 g/mol. The molecule has 0 spiro atoms. The van der Waals surface area contributed by atoms with Gasteiger partial charge < -0.3 is 14.8 Å². The van der Waals surface area contributed by atoms with Crippen LogP contribution in [0.15, 0.2) is 36.7 Å². The minimum Gasteiger partial charge on any atom is -0.396 e. The quantitative estimate of drug-likeness (QED) is 0.719. The number of fused-ring (bicyclic) bond motifs is 3. The monoisotopic (exact) mass is 350 g/mol. The molecule has 26 heavy (non-hydrogen) atoms. The molecule has 3 aromatic rings. The number of hydrogen-bond acceptors (Lipinski definition) is 3. The molecule has 1 aliphatic heterocycles. The van der Waals surface area contributed by atoms with Crippen molar-refractivity contribution in [1.29, 1.82) is 0 Å². The summed E-state index contributed by atoms with van der Waals surface area (Å²) in [6, 6.07) is 8.69. The molecule has 1 aromatic carbocycles. The summed E-state index contributed by atoms with van der Waals surface area (Å²) in [5.41, 5.74) is 7.08. The number of aromatic amines is 1. The number of benzene rings is 1. The fourth-order valence-corrected chi connectivity index (χ4v) is 4.32. The van der Waals surface area contributed by atoms with Crippen LogP contribution in [0.2, 0.25) is 0 Å². The van der Waals surface area contributed by atoms with Gasteiger partial charge in [-0.1, -0.05) is 13.8 Å². The number of pyridine rings is 1. The highest BCUT2D eigenvalue weighted by Gasteiger charge is 2.38. The molecule has 2 aromatic heterocycles. The number of ether oxygens (including phenoxy) is 1. The Kier molecular flexibility index (Phi) is 4.55. The zero-order valence-corrected chi connectivity index (χ0v) is 15.5. The molecule has 0 fully saturated rings. The molecule has 0 aliphatic carbocycles. The van der Waals surface area contributed by atoms with Crippen molar-refractivity contribution in [2.75, 3.05) is 13.2 Å². The molecule has 0 saturated heterocycles.